The first-order valence-electron chi connectivity index (χ1n) is 9.48. The minimum absolute atomic E-state index is 0.0131. The van der Waals surface area contributed by atoms with Crippen LogP contribution in [0.3, 0.4) is 0 Å². The van der Waals surface area contributed by atoms with Crippen molar-refractivity contribution in [3.05, 3.63) is 36.0 Å². The van der Waals surface area contributed by atoms with Gasteiger partial charge < -0.3 is 19.9 Å². The fraction of sp³-hybridized carbons (Fsp3) is 0.500. The number of nitrogens with zero attached hydrogens (tertiary/aromatic N) is 1. The van der Waals surface area contributed by atoms with E-state index < -0.39 is 12.1 Å². The summed E-state index contributed by atoms with van der Waals surface area (Å²) < 4.78 is 5.48. The molecule has 1 unspecified atom stereocenters. The number of carbonyl (C=O) groups is 2. The summed E-state index contributed by atoms with van der Waals surface area (Å²) in [5.41, 5.74) is 2.09. The van der Waals surface area contributed by atoms with Crippen molar-refractivity contribution in [3.63, 3.8) is 0 Å². The zero-order valence-electron chi connectivity index (χ0n) is 14.9. The summed E-state index contributed by atoms with van der Waals surface area (Å²) in [6.07, 6.45) is 5.68. The summed E-state index contributed by atoms with van der Waals surface area (Å²) in [4.78, 5) is 30.7. The molecule has 2 aliphatic rings. The lowest BCUT2D eigenvalue weighted by Gasteiger charge is -2.25. The number of H-pyrrole nitrogens is 1. The first-order chi connectivity index (χ1) is 12.7. The van der Waals surface area contributed by atoms with Crippen molar-refractivity contribution in [3.8, 4) is 0 Å². The van der Waals surface area contributed by atoms with E-state index in [9.17, 15) is 9.59 Å². The van der Waals surface area contributed by atoms with Crippen LogP contribution in [0.25, 0.3) is 10.9 Å². The number of ether oxygens (including phenoxy) is 1. The van der Waals surface area contributed by atoms with E-state index in [1.165, 1.54) is 0 Å². The number of aromatic nitrogens is 1. The summed E-state index contributed by atoms with van der Waals surface area (Å²) >= 11 is 0. The third kappa shape index (κ3) is 3.46. The lowest BCUT2D eigenvalue weighted by atomic mass is 10.0. The molecule has 6 heteroatoms. The van der Waals surface area contributed by atoms with Crippen molar-refractivity contribution in [1.29, 1.82) is 0 Å². The van der Waals surface area contributed by atoms with Gasteiger partial charge in [-0.25, -0.2) is 0 Å². The van der Waals surface area contributed by atoms with Gasteiger partial charge in [-0.2, -0.15) is 0 Å². The first-order valence-corrected chi connectivity index (χ1v) is 9.48. The standard InChI is InChI=1S/C20H25N3O3/c24-19(18-8-5-11-26-18)22-17(20(25)23-9-3-4-10-23)12-14-13-21-16-7-2-1-6-15(14)16/h1-2,6-7,13,17-18,21H,3-5,8-12H2,(H,22,24)/t17-,18?/m0/s1. The molecule has 2 saturated heterocycles. The van der Waals surface area contributed by atoms with Gasteiger partial charge in [-0.1, -0.05) is 18.2 Å². The minimum Gasteiger partial charge on any atom is -0.368 e. The Labute approximate surface area is 152 Å². The number of para-hydroxylation sites is 1. The topological polar surface area (TPSA) is 74.4 Å². The molecule has 138 valence electrons. The summed E-state index contributed by atoms with van der Waals surface area (Å²) in [6.45, 7) is 2.17. The van der Waals surface area contributed by atoms with Gasteiger partial charge in [-0.3, -0.25) is 9.59 Å². The maximum absolute atomic E-state index is 13.0. The van der Waals surface area contributed by atoms with Crippen LogP contribution in [0.2, 0.25) is 0 Å². The highest BCUT2D eigenvalue weighted by molar-refractivity contribution is 5.91. The fourth-order valence-electron chi connectivity index (χ4n) is 3.93. The number of benzene rings is 1. The zero-order chi connectivity index (χ0) is 17.9. The van der Waals surface area contributed by atoms with Gasteiger partial charge >= 0.3 is 0 Å². The van der Waals surface area contributed by atoms with E-state index in [2.05, 4.69) is 10.3 Å². The third-order valence-corrected chi connectivity index (χ3v) is 5.35. The summed E-state index contributed by atoms with van der Waals surface area (Å²) in [7, 11) is 0. The molecule has 0 aliphatic carbocycles. The fourth-order valence-corrected chi connectivity index (χ4v) is 3.93. The van der Waals surface area contributed by atoms with Gasteiger partial charge in [0.05, 0.1) is 0 Å². The monoisotopic (exact) mass is 355 g/mol. The Morgan fingerprint density at radius 2 is 2.04 bits per heavy atom. The second kappa shape index (κ2) is 7.50. The predicted molar refractivity (Wildman–Crippen MR) is 98.7 cm³/mol. The van der Waals surface area contributed by atoms with Crippen LogP contribution >= 0.6 is 0 Å². The van der Waals surface area contributed by atoms with Crippen molar-refractivity contribution >= 4 is 22.7 Å². The molecule has 3 heterocycles. The van der Waals surface area contributed by atoms with Crippen LogP contribution in [0.1, 0.15) is 31.2 Å². The van der Waals surface area contributed by atoms with Crippen LogP contribution in [-0.2, 0) is 20.7 Å². The molecule has 0 radical (unpaired) electrons. The zero-order valence-corrected chi connectivity index (χ0v) is 14.9. The SMILES string of the molecule is O=C(N[C@@H](Cc1c[nH]c2ccccc12)C(=O)N1CCCC1)C1CCCO1. The van der Waals surface area contributed by atoms with E-state index in [0.29, 0.717) is 13.0 Å². The highest BCUT2D eigenvalue weighted by atomic mass is 16.5. The maximum Gasteiger partial charge on any atom is 0.249 e. The number of amides is 2. The maximum atomic E-state index is 13.0. The summed E-state index contributed by atoms with van der Waals surface area (Å²) in [5.74, 6) is -0.154. The number of aromatic amines is 1. The van der Waals surface area contributed by atoms with Crippen molar-refractivity contribution < 1.29 is 14.3 Å². The minimum atomic E-state index is -0.552. The predicted octanol–water partition coefficient (Wildman–Crippen LogP) is 2.00. The molecule has 4 rings (SSSR count). The molecule has 6 nitrogen and oxygen atoms in total. The van der Waals surface area contributed by atoms with E-state index in [0.717, 1.165) is 55.2 Å². The molecule has 1 aromatic heterocycles. The van der Waals surface area contributed by atoms with Crippen LogP contribution < -0.4 is 5.32 Å². The smallest absolute Gasteiger partial charge is 0.249 e. The number of nitrogens with one attached hydrogen (secondary N) is 2. The molecule has 0 saturated carbocycles. The van der Waals surface area contributed by atoms with Crippen molar-refractivity contribution in [2.24, 2.45) is 0 Å². The van der Waals surface area contributed by atoms with E-state index in [1.54, 1.807) is 0 Å². The number of likely N-dealkylation sites (tertiary alicyclic amines) is 1. The van der Waals surface area contributed by atoms with E-state index in [4.69, 9.17) is 4.74 Å². The van der Waals surface area contributed by atoms with Crippen LogP contribution in [0, 0.1) is 0 Å². The van der Waals surface area contributed by atoms with Crippen LogP contribution in [0.5, 0.6) is 0 Å². The molecular weight excluding hydrogens is 330 g/mol. The number of carbonyl (C=O) groups excluding carboxylic acids is 2. The summed E-state index contributed by atoms with van der Waals surface area (Å²) in [5, 5.41) is 4.07. The number of hydrogen-bond acceptors (Lipinski definition) is 3. The average molecular weight is 355 g/mol. The highest BCUT2D eigenvalue weighted by Crippen LogP contribution is 2.21. The molecular formula is C20H25N3O3. The molecule has 1 aromatic carbocycles. The first kappa shape index (κ1) is 17.1. The highest BCUT2D eigenvalue weighted by Gasteiger charge is 2.32. The van der Waals surface area contributed by atoms with E-state index in [1.807, 2.05) is 35.4 Å². The molecule has 2 N–H and O–H groups in total. The van der Waals surface area contributed by atoms with Gasteiger partial charge in [0.25, 0.3) is 0 Å². The molecule has 0 bridgehead atoms. The number of rotatable bonds is 5. The Balaban J connectivity index is 1.54. The van der Waals surface area contributed by atoms with E-state index >= 15 is 0 Å². The second-order valence-electron chi connectivity index (χ2n) is 7.16. The lowest BCUT2D eigenvalue weighted by Crippen LogP contribution is -2.51. The molecule has 2 aromatic rings. The number of fused-ring (bicyclic) bond motifs is 1. The van der Waals surface area contributed by atoms with E-state index in [-0.39, 0.29) is 11.8 Å². The molecule has 0 spiro atoms. The molecule has 26 heavy (non-hydrogen) atoms. The molecule has 2 atom stereocenters. The van der Waals surface area contributed by atoms with Crippen molar-refractivity contribution in [2.45, 2.75) is 44.2 Å². The van der Waals surface area contributed by atoms with Crippen LogP contribution in [-0.4, -0.2) is 53.5 Å². The normalized spacial score (nSPS) is 21.2. The third-order valence-electron chi connectivity index (χ3n) is 5.35. The van der Waals surface area contributed by atoms with Crippen LogP contribution in [0.4, 0.5) is 0 Å². The van der Waals surface area contributed by atoms with Gasteiger partial charge in [0, 0.05) is 43.2 Å². The van der Waals surface area contributed by atoms with Crippen molar-refractivity contribution in [1.82, 2.24) is 15.2 Å². The Morgan fingerprint density at radius 3 is 2.81 bits per heavy atom. The average Bonchev–Trinajstić information content (AvgIpc) is 3.41. The van der Waals surface area contributed by atoms with Gasteiger partial charge in [0.2, 0.25) is 11.8 Å². The second-order valence-corrected chi connectivity index (χ2v) is 7.16. The van der Waals surface area contributed by atoms with Gasteiger partial charge in [-0.15, -0.1) is 0 Å². The molecule has 2 fully saturated rings. The van der Waals surface area contributed by atoms with Gasteiger partial charge in [-0.05, 0) is 37.3 Å². The Hall–Kier alpha value is -2.34. The Bertz CT molecular complexity index is 788. The van der Waals surface area contributed by atoms with Crippen LogP contribution in [0.15, 0.2) is 30.5 Å². The lowest BCUT2D eigenvalue weighted by molar-refractivity contribution is -0.138. The quantitative estimate of drug-likeness (QED) is 0.861. The number of hydrogen-bond donors (Lipinski definition) is 2. The largest absolute Gasteiger partial charge is 0.368 e. The van der Waals surface area contributed by atoms with Gasteiger partial charge in [0.1, 0.15) is 12.1 Å². The molecule has 2 amide bonds. The van der Waals surface area contributed by atoms with Gasteiger partial charge in [0.15, 0.2) is 0 Å². The summed E-state index contributed by atoms with van der Waals surface area (Å²) in [6, 6.07) is 7.47. The Kier molecular flexibility index (Phi) is 4.93. The van der Waals surface area contributed by atoms with Crippen molar-refractivity contribution in [2.75, 3.05) is 19.7 Å². The Morgan fingerprint density at radius 1 is 1.23 bits per heavy atom. The molecule has 2 aliphatic heterocycles.